The van der Waals surface area contributed by atoms with Crippen LogP contribution in [0.3, 0.4) is 0 Å². The second-order valence-electron chi connectivity index (χ2n) is 5.69. The summed E-state index contributed by atoms with van der Waals surface area (Å²) >= 11 is 0. The van der Waals surface area contributed by atoms with E-state index in [1.165, 1.54) is 11.6 Å². The Morgan fingerprint density at radius 2 is 1.96 bits per heavy atom. The molecule has 122 valence electrons. The Morgan fingerprint density at radius 1 is 1.21 bits per heavy atom. The van der Waals surface area contributed by atoms with Gasteiger partial charge in [-0.25, -0.2) is 0 Å². The molecule has 1 aliphatic heterocycles. The predicted octanol–water partition coefficient (Wildman–Crippen LogP) is 3.37. The number of fused-ring (bicyclic) bond motifs is 1. The lowest BCUT2D eigenvalue weighted by molar-refractivity contribution is -0.122. The lowest BCUT2D eigenvalue weighted by Gasteiger charge is -2.23. The molecule has 5 nitrogen and oxygen atoms in total. The van der Waals surface area contributed by atoms with Gasteiger partial charge in [-0.15, -0.1) is 0 Å². The van der Waals surface area contributed by atoms with Gasteiger partial charge >= 0.3 is 0 Å². The van der Waals surface area contributed by atoms with Gasteiger partial charge in [0.25, 0.3) is 5.91 Å². The first-order chi connectivity index (χ1) is 11.5. The summed E-state index contributed by atoms with van der Waals surface area (Å²) in [5.41, 5.74) is 3.27. The summed E-state index contributed by atoms with van der Waals surface area (Å²) in [7, 11) is 0. The van der Waals surface area contributed by atoms with Crippen LogP contribution in [-0.4, -0.2) is 17.9 Å². The smallest absolute Gasteiger partial charge is 0.265 e. The number of carbonyl (C=O) groups excluding carboxylic acids is 2. The average molecular weight is 322 g/mol. The Hall–Kier alpha value is -3.08. The van der Waals surface area contributed by atoms with E-state index in [1.807, 2.05) is 31.2 Å². The highest BCUT2D eigenvalue weighted by Crippen LogP contribution is 2.32. The zero-order valence-electron chi connectivity index (χ0n) is 13.5. The highest BCUT2D eigenvalue weighted by Gasteiger charge is 2.23. The number of hydrogen-bond donors (Lipinski definition) is 2. The molecule has 1 aliphatic rings. The lowest BCUT2D eigenvalue weighted by atomic mass is 10.1. The Bertz CT molecular complexity index is 810. The van der Waals surface area contributed by atoms with Gasteiger partial charge < -0.3 is 15.4 Å². The molecule has 1 heterocycles. The van der Waals surface area contributed by atoms with E-state index in [4.69, 9.17) is 4.74 Å². The van der Waals surface area contributed by atoms with E-state index < -0.39 is 6.10 Å². The minimum absolute atomic E-state index is 0.203. The van der Waals surface area contributed by atoms with Crippen molar-refractivity contribution in [1.82, 2.24) is 0 Å². The van der Waals surface area contributed by atoms with Crippen LogP contribution in [0.5, 0.6) is 5.75 Å². The molecule has 24 heavy (non-hydrogen) atoms. The van der Waals surface area contributed by atoms with E-state index in [0.717, 1.165) is 5.56 Å². The van der Waals surface area contributed by atoms with Crippen molar-refractivity contribution in [2.75, 3.05) is 10.6 Å². The standard InChI is InChI=1S/C19H18N2O3/c1-12-3-5-14(6-4-12)7-10-18(22)20-15-8-9-17-16(11-15)21-19(23)13(2)24-17/h3-11,13H,1-2H3,(H,20,22)(H,21,23)/b10-7+/t13-/m0/s1. The molecular formula is C19H18N2O3. The number of hydrogen-bond acceptors (Lipinski definition) is 3. The number of ether oxygens (including phenoxy) is 1. The fraction of sp³-hybridized carbons (Fsp3) is 0.158. The van der Waals surface area contributed by atoms with Gasteiger partial charge in [-0.05, 0) is 43.7 Å². The van der Waals surface area contributed by atoms with Gasteiger partial charge in [0, 0.05) is 11.8 Å². The fourth-order valence-electron chi connectivity index (χ4n) is 2.32. The molecule has 2 aromatic rings. The van der Waals surface area contributed by atoms with Crippen molar-refractivity contribution in [3.63, 3.8) is 0 Å². The number of benzene rings is 2. The topological polar surface area (TPSA) is 67.4 Å². The van der Waals surface area contributed by atoms with Crippen LogP contribution in [0.1, 0.15) is 18.1 Å². The second kappa shape index (κ2) is 6.58. The van der Waals surface area contributed by atoms with Crippen LogP contribution < -0.4 is 15.4 Å². The van der Waals surface area contributed by atoms with Crippen molar-refractivity contribution < 1.29 is 14.3 Å². The zero-order valence-corrected chi connectivity index (χ0v) is 13.5. The van der Waals surface area contributed by atoms with E-state index >= 15 is 0 Å². The average Bonchev–Trinajstić information content (AvgIpc) is 2.56. The van der Waals surface area contributed by atoms with Crippen LogP contribution in [0.4, 0.5) is 11.4 Å². The molecule has 3 rings (SSSR count). The van der Waals surface area contributed by atoms with Crippen molar-refractivity contribution in [3.05, 3.63) is 59.7 Å². The minimum Gasteiger partial charge on any atom is -0.479 e. The van der Waals surface area contributed by atoms with Crippen LogP contribution in [0.2, 0.25) is 0 Å². The van der Waals surface area contributed by atoms with E-state index in [9.17, 15) is 9.59 Å². The van der Waals surface area contributed by atoms with Crippen molar-refractivity contribution in [2.45, 2.75) is 20.0 Å². The molecule has 0 bridgehead atoms. The van der Waals surface area contributed by atoms with Gasteiger partial charge in [0.15, 0.2) is 6.10 Å². The Morgan fingerprint density at radius 3 is 2.71 bits per heavy atom. The Labute approximate surface area is 140 Å². The van der Waals surface area contributed by atoms with Gasteiger partial charge in [0.1, 0.15) is 5.75 Å². The van der Waals surface area contributed by atoms with E-state index in [-0.39, 0.29) is 11.8 Å². The van der Waals surface area contributed by atoms with Gasteiger partial charge in [-0.2, -0.15) is 0 Å². The highest BCUT2D eigenvalue weighted by atomic mass is 16.5. The normalized spacial score (nSPS) is 16.2. The van der Waals surface area contributed by atoms with Gasteiger partial charge in [0.2, 0.25) is 5.91 Å². The maximum atomic E-state index is 12.0. The van der Waals surface area contributed by atoms with Crippen LogP contribution in [0.25, 0.3) is 6.08 Å². The molecule has 0 saturated carbocycles. The van der Waals surface area contributed by atoms with Crippen molar-refractivity contribution in [2.24, 2.45) is 0 Å². The van der Waals surface area contributed by atoms with Gasteiger partial charge in [0.05, 0.1) is 5.69 Å². The van der Waals surface area contributed by atoms with Crippen LogP contribution >= 0.6 is 0 Å². The molecule has 2 N–H and O–H groups in total. The summed E-state index contributed by atoms with van der Waals surface area (Å²) in [5, 5.41) is 5.52. The number of aryl methyl sites for hydroxylation is 1. The molecule has 0 aliphatic carbocycles. The third-order valence-corrected chi connectivity index (χ3v) is 3.68. The SMILES string of the molecule is Cc1ccc(/C=C/C(=O)Nc2ccc3c(c2)NC(=O)[C@H](C)O3)cc1. The minimum atomic E-state index is -0.518. The third-order valence-electron chi connectivity index (χ3n) is 3.68. The van der Waals surface area contributed by atoms with Gasteiger partial charge in [-0.3, -0.25) is 9.59 Å². The van der Waals surface area contributed by atoms with Gasteiger partial charge in [-0.1, -0.05) is 29.8 Å². The number of amides is 2. The molecule has 0 saturated heterocycles. The lowest BCUT2D eigenvalue weighted by Crippen LogP contribution is -2.34. The molecular weight excluding hydrogens is 304 g/mol. The second-order valence-corrected chi connectivity index (χ2v) is 5.69. The maximum Gasteiger partial charge on any atom is 0.265 e. The predicted molar refractivity (Wildman–Crippen MR) is 94.0 cm³/mol. The van der Waals surface area contributed by atoms with Crippen LogP contribution in [-0.2, 0) is 9.59 Å². The monoisotopic (exact) mass is 322 g/mol. The zero-order chi connectivity index (χ0) is 17.1. The summed E-state index contributed by atoms with van der Waals surface area (Å²) in [6.07, 6.45) is 2.71. The summed E-state index contributed by atoms with van der Waals surface area (Å²) in [5.74, 6) is 0.146. The third kappa shape index (κ3) is 3.63. The molecule has 1 atom stereocenters. The van der Waals surface area contributed by atoms with Crippen molar-refractivity contribution >= 4 is 29.3 Å². The summed E-state index contributed by atoms with van der Waals surface area (Å²) in [6, 6.07) is 13.0. The quantitative estimate of drug-likeness (QED) is 0.851. The fourth-order valence-corrected chi connectivity index (χ4v) is 2.32. The number of carbonyl (C=O) groups is 2. The molecule has 5 heteroatoms. The number of anilines is 2. The van der Waals surface area contributed by atoms with E-state index in [0.29, 0.717) is 17.1 Å². The number of rotatable bonds is 3. The first-order valence-corrected chi connectivity index (χ1v) is 7.68. The summed E-state index contributed by atoms with van der Waals surface area (Å²) < 4.78 is 5.48. The summed E-state index contributed by atoms with van der Waals surface area (Å²) in [6.45, 7) is 3.70. The summed E-state index contributed by atoms with van der Waals surface area (Å²) in [4.78, 5) is 23.7. The van der Waals surface area contributed by atoms with Crippen LogP contribution in [0.15, 0.2) is 48.5 Å². The molecule has 2 aromatic carbocycles. The van der Waals surface area contributed by atoms with Crippen molar-refractivity contribution in [3.8, 4) is 5.75 Å². The van der Waals surface area contributed by atoms with E-state index in [2.05, 4.69) is 10.6 Å². The highest BCUT2D eigenvalue weighted by molar-refractivity contribution is 6.03. The Kier molecular flexibility index (Phi) is 4.33. The molecule has 0 spiro atoms. The van der Waals surface area contributed by atoms with E-state index in [1.54, 1.807) is 31.2 Å². The molecule has 0 unspecified atom stereocenters. The molecule has 2 amide bonds. The maximum absolute atomic E-state index is 12.0. The molecule has 0 radical (unpaired) electrons. The van der Waals surface area contributed by atoms with Crippen LogP contribution in [0, 0.1) is 6.92 Å². The molecule has 0 aromatic heterocycles. The number of nitrogens with one attached hydrogen (secondary N) is 2. The largest absolute Gasteiger partial charge is 0.479 e. The molecule has 0 fully saturated rings. The van der Waals surface area contributed by atoms with Crippen molar-refractivity contribution in [1.29, 1.82) is 0 Å². The first-order valence-electron chi connectivity index (χ1n) is 7.68. The first kappa shape index (κ1) is 15.8. The Balaban J connectivity index is 1.67.